The van der Waals surface area contributed by atoms with Crippen LogP contribution in [0.5, 0.6) is 0 Å². The van der Waals surface area contributed by atoms with E-state index in [0.29, 0.717) is 0 Å². The lowest BCUT2D eigenvalue weighted by molar-refractivity contribution is 0.768. The van der Waals surface area contributed by atoms with Crippen molar-refractivity contribution < 1.29 is 0 Å². The third kappa shape index (κ3) is 5.67. The number of para-hydroxylation sites is 1. The Hall–Kier alpha value is -8.46. The second-order valence-electron chi connectivity index (χ2n) is 17.2. The Morgan fingerprint density at radius 3 is 1.62 bits per heavy atom. The summed E-state index contributed by atoms with van der Waals surface area (Å²) in [4.78, 5) is 2.44. The van der Waals surface area contributed by atoms with Crippen molar-refractivity contribution in [3.63, 3.8) is 0 Å². The molecule has 1 aliphatic carbocycles. The standard InChI is InChI=1S/C63H42N2/c1-4-19-44(20-5-1)61-56-29-15-17-31-59(56)64-42-47-22-12-13-27-53(47)60(62(61)64)45-33-35-50(36-34-45)65(51-37-32-43-18-10-11-21-46(43)40-51)52-38-39-55-54-28-14-16-30-57(54)63(58(55)41-52,48-23-6-2-7-24-48)49-25-8-3-9-26-49/h1-42H. The third-order valence-electron chi connectivity index (χ3n) is 13.8. The summed E-state index contributed by atoms with van der Waals surface area (Å²) in [5.41, 5.74) is 17.7. The third-order valence-corrected chi connectivity index (χ3v) is 13.8. The van der Waals surface area contributed by atoms with Gasteiger partial charge in [0.05, 0.1) is 16.4 Å². The molecule has 65 heavy (non-hydrogen) atoms. The summed E-state index contributed by atoms with van der Waals surface area (Å²) in [6.45, 7) is 0. The molecule has 0 aliphatic heterocycles. The van der Waals surface area contributed by atoms with Gasteiger partial charge in [0.1, 0.15) is 0 Å². The van der Waals surface area contributed by atoms with Crippen LogP contribution in [0.4, 0.5) is 17.1 Å². The molecule has 0 spiro atoms. The lowest BCUT2D eigenvalue weighted by Gasteiger charge is -2.35. The summed E-state index contributed by atoms with van der Waals surface area (Å²) in [6, 6.07) is 91.6. The number of anilines is 3. The molecule has 2 heteroatoms. The Morgan fingerprint density at radius 1 is 0.338 bits per heavy atom. The Morgan fingerprint density at radius 2 is 0.862 bits per heavy atom. The van der Waals surface area contributed by atoms with Gasteiger partial charge in [-0.1, -0.05) is 206 Å². The highest BCUT2D eigenvalue weighted by Gasteiger charge is 2.46. The minimum Gasteiger partial charge on any atom is -0.315 e. The van der Waals surface area contributed by atoms with Crippen LogP contribution in [0.15, 0.2) is 255 Å². The number of aromatic nitrogens is 1. The topological polar surface area (TPSA) is 7.65 Å². The molecule has 12 aromatic rings. The first-order valence-electron chi connectivity index (χ1n) is 22.5. The molecular weight excluding hydrogens is 785 g/mol. The average molecular weight is 827 g/mol. The molecule has 0 saturated heterocycles. The Labute approximate surface area is 378 Å². The molecule has 0 bridgehead atoms. The molecule has 10 aromatic carbocycles. The maximum atomic E-state index is 2.46. The van der Waals surface area contributed by atoms with Crippen molar-refractivity contribution in [1.29, 1.82) is 0 Å². The smallest absolute Gasteiger partial charge is 0.0714 e. The fraction of sp³-hybridized carbons (Fsp3) is 0.0159. The van der Waals surface area contributed by atoms with Crippen LogP contribution in [0.2, 0.25) is 0 Å². The predicted octanol–water partition coefficient (Wildman–Crippen LogP) is 16.6. The summed E-state index contributed by atoms with van der Waals surface area (Å²) < 4.78 is 2.42. The average Bonchev–Trinajstić information content (AvgIpc) is 3.87. The zero-order valence-electron chi connectivity index (χ0n) is 35.6. The second kappa shape index (κ2) is 14.8. The second-order valence-corrected chi connectivity index (χ2v) is 17.2. The molecule has 2 nitrogen and oxygen atoms in total. The van der Waals surface area contributed by atoms with E-state index in [1.54, 1.807) is 0 Å². The molecule has 0 unspecified atom stereocenters. The molecule has 13 rings (SSSR count). The van der Waals surface area contributed by atoms with E-state index in [1.165, 1.54) is 93.6 Å². The van der Waals surface area contributed by atoms with Crippen molar-refractivity contribution in [3.05, 3.63) is 277 Å². The number of rotatable bonds is 7. The van der Waals surface area contributed by atoms with Crippen LogP contribution >= 0.6 is 0 Å². The van der Waals surface area contributed by atoms with Crippen LogP contribution in [0.3, 0.4) is 0 Å². The minimum absolute atomic E-state index is 0.514. The minimum atomic E-state index is -0.514. The van der Waals surface area contributed by atoms with Gasteiger partial charge in [0.25, 0.3) is 0 Å². The zero-order chi connectivity index (χ0) is 42.9. The van der Waals surface area contributed by atoms with E-state index >= 15 is 0 Å². The summed E-state index contributed by atoms with van der Waals surface area (Å²) in [5, 5.41) is 6.11. The van der Waals surface area contributed by atoms with Crippen molar-refractivity contribution in [2.45, 2.75) is 5.41 Å². The van der Waals surface area contributed by atoms with E-state index in [1.807, 2.05) is 0 Å². The predicted molar refractivity (Wildman–Crippen MR) is 273 cm³/mol. The van der Waals surface area contributed by atoms with Crippen LogP contribution in [-0.2, 0) is 5.41 Å². The van der Waals surface area contributed by atoms with Crippen molar-refractivity contribution in [2.24, 2.45) is 0 Å². The van der Waals surface area contributed by atoms with E-state index in [-0.39, 0.29) is 0 Å². The number of benzene rings is 10. The number of hydrogen-bond donors (Lipinski definition) is 0. The van der Waals surface area contributed by atoms with E-state index in [0.717, 1.165) is 17.1 Å². The van der Waals surface area contributed by atoms with Crippen molar-refractivity contribution in [2.75, 3.05) is 4.90 Å². The van der Waals surface area contributed by atoms with Gasteiger partial charge in [0, 0.05) is 39.8 Å². The molecule has 0 atom stereocenters. The number of nitrogens with zero attached hydrogens (tertiary/aromatic N) is 2. The van der Waals surface area contributed by atoms with Gasteiger partial charge < -0.3 is 9.30 Å². The lowest BCUT2D eigenvalue weighted by Crippen LogP contribution is -2.28. The highest BCUT2D eigenvalue weighted by atomic mass is 15.1. The molecule has 0 N–H and O–H groups in total. The fourth-order valence-electron chi connectivity index (χ4n) is 11.0. The lowest BCUT2D eigenvalue weighted by atomic mass is 9.67. The summed E-state index contributed by atoms with van der Waals surface area (Å²) in [7, 11) is 0. The van der Waals surface area contributed by atoms with Gasteiger partial charge in [0.15, 0.2) is 0 Å². The maximum Gasteiger partial charge on any atom is 0.0714 e. The van der Waals surface area contributed by atoms with E-state index in [4.69, 9.17) is 0 Å². The summed E-state index contributed by atoms with van der Waals surface area (Å²) >= 11 is 0. The molecule has 0 saturated carbocycles. The Bertz CT molecular complexity index is 3720. The van der Waals surface area contributed by atoms with Gasteiger partial charge in [-0.2, -0.15) is 0 Å². The molecular formula is C63H42N2. The van der Waals surface area contributed by atoms with Gasteiger partial charge >= 0.3 is 0 Å². The van der Waals surface area contributed by atoms with Gasteiger partial charge in [-0.3, -0.25) is 0 Å². The highest BCUT2D eigenvalue weighted by Crippen LogP contribution is 2.57. The Kier molecular flexibility index (Phi) is 8.47. The van der Waals surface area contributed by atoms with E-state index in [9.17, 15) is 0 Å². The van der Waals surface area contributed by atoms with Crippen LogP contribution < -0.4 is 4.90 Å². The van der Waals surface area contributed by atoms with Crippen LogP contribution in [0.1, 0.15) is 22.3 Å². The molecule has 304 valence electrons. The molecule has 2 aromatic heterocycles. The van der Waals surface area contributed by atoms with Crippen LogP contribution in [-0.4, -0.2) is 4.40 Å². The highest BCUT2D eigenvalue weighted by molar-refractivity contribution is 6.16. The van der Waals surface area contributed by atoms with Crippen molar-refractivity contribution in [1.82, 2.24) is 4.40 Å². The van der Waals surface area contributed by atoms with Gasteiger partial charge in [-0.25, -0.2) is 0 Å². The summed E-state index contributed by atoms with van der Waals surface area (Å²) in [5.74, 6) is 0. The molecule has 1 aliphatic rings. The van der Waals surface area contributed by atoms with E-state index < -0.39 is 5.41 Å². The van der Waals surface area contributed by atoms with Gasteiger partial charge in [-0.05, 0) is 109 Å². The van der Waals surface area contributed by atoms with Crippen molar-refractivity contribution in [3.8, 4) is 33.4 Å². The normalized spacial score (nSPS) is 12.7. The largest absolute Gasteiger partial charge is 0.315 e. The Balaban J connectivity index is 1.05. The number of hydrogen-bond acceptors (Lipinski definition) is 1. The van der Waals surface area contributed by atoms with Crippen LogP contribution in [0, 0.1) is 0 Å². The summed E-state index contributed by atoms with van der Waals surface area (Å²) in [6.07, 6.45) is 2.32. The van der Waals surface area contributed by atoms with E-state index in [2.05, 4.69) is 264 Å². The van der Waals surface area contributed by atoms with Crippen LogP contribution in [0.25, 0.3) is 71.3 Å². The van der Waals surface area contributed by atoms with Gasteiger partial charge in [-0.15, -0.1) is 0 Å². The number of fused-ring (bicyclic) bond motifs is 8. The van der Waals surface area contributed by atoms with Crippen molar-refractivity contribution >= 4 is 55.0 Å². The first-order chi connectivity index (χ1) is 32.3. The first-order valence-corrected chi connectivity index (χ1v) is 22.5. The quantitative estimate of drug-likeness (QED) is 0.155. The fourth-order valence-corrected chi connectivity index (χ4v) is 11.0. The zero-order valence-corrected chi connectivity index (χ0v) is 35.6. The van der Waals surface area contributed by atoms with Gasteiger partial charge in [0.2, 0.25) is 0 Å². The molecule has 2 heterocycles. The SMILES string of the molecule is c1ccc(-c2c3ccccc3n3cc4ccccc4c(-c4ccc(N(c5ccc6c(c5)C(c5ccccc5)(c5ccccc5)c5ccccc5-6)c5ccc6ccccc6c5)cc4)c23)cc1. The number of pyridine rings is 1. The first kappa shape index (κ1) is 37.1. The molecule has 0 radical (unpaired) electrons. The monoisotopic (exact) mass is 826 g/mol. The molecule has 0 amide bonds. The molecule has 0 fully saturated rings. The maximum absolute atomic E-state index is 2.46.